The Morgan fingerprint density at radius 3 is 2.67 bits per heavy atom. The molecule has 0 aliphatic carbocycles. The summed E-state index contributed by atoms with van der Waals surface area (Å²) in [6, 6.07) is 0.422. The lowest BCUT2D eigenvalue weighted by Crippen LogP contribution is -2.15. The van der Waals surface area contributed by atoms with Crippen molar-refractivity contribution < 1.29 is 4.74 Å². The Morgan fingerprint density at radius 1 is 1.33 bits per heavy atom. The first-order valence-electron chi connectivity index (χ1n) is 6.72. The molecule has 0 aliphatic heterocycles. The Kier molecular flexibility index (Phi) is 6.25. The minimum Gasteiger partial charge on any atom is -0.484 e. The molecule has 1 rings (SSSR count). The third-order valence-corrected chi connectivity index (χ3v) is 3.42. The van der Waals surface area contributed by atoms with Crippen LogP contribution in [0.4, 0.5) is 10.8 Å². The largest absolute Gasteiger partial charge is 0.484 e. The standard InChI is InChI=1S/C13H25N3OS/c1-5-6-7-8-10(4)15-13-11(17-9(2)3)12(14)16-18-13/h9-10,15H,5-8H2,1-4H3,(H2,14,16). The van der Waals surface area contributed by atoms with E-state index in [1.54, 1.807) is 0 Å². The van der Waals surface area contributed by atoms with E-state index in [1.807, 2.05) is 13.8 Å². The maximum Gasteiger partial charge on any atom is 0.197 e. The number of nitrogen functional groups attached to an aromatic ring is 1. The Bertz CT molecular complexity index is 352. The molecule has 0 saturated carbocycles. The SMILES string of the molecule is CCCCCC(C)Nc1snc(N)c1OC(C)C. The lowest BCUT2D eigenvalue weighted by molar-refractivity contribution is 0.245. The van der Waals surface area contributed by atoms with Crippen LogP contribution in [0.3, 0.4) is 0 Å². The van der Waals surface area contributed by atoms with Gasteiger partial charge in [0.05, 0.1) is 6.10 Å². The van der Waals surface area contributed by atoms with Crippen LogP contribution in [-0.4, -0.2) is 16.5 Å². The molecule has 5 heteroatoms. The highest BCUT2D eigenvalue weighted by molar-refractivity contribution is 7.11. The number of ether oxygens (including phenoxy) is 1. The molecule has 4 nitrogen and oxygen atoms in total. The van der Waals surface area contributed by atoms with Gasteiger partial charge < -0.3 is 15.8 Å². The fourth-order valence-electron chi connectivity index (χ4n) is 1.73. The van der Waals surface area contributed by atoms with E-state index >= 15 is 0 Å². The van der Waals surface area contributed by atoms with E-state index in [1.165, 1.54) is 30.8 Å². The van der Waals surface area contributed by atoms with E-state index < -0.39 is 0 Å². The van der Waals surface area contributed by atoms with Gasteiger partial charge in [-0.3, -0.25) is 0 Å². The van der Waals surface area contributed by atoms with Crippen LogP contribution in [0.1, 0.15) is 53.4 Å². The first-order valence-corrected chi connectivity index (χ1v) is 7.50. The smallest absolute Gasteiger partial charge is 0.197 e. The molecule has 104 valence electrons. The summed E-state index contributed by atoms with van der Waals surface area (Å²) in [5.74, 6) is 1.19. The Hall–Kier alpha value is -0.970. The minimum absolute atomic E-state index is 0.111. The predicted molar refractivity (Wildman–Crippen MR) is 79.5 cm³/mol. The zero-order valence-electron chi connectivity index (χ0n) is 11.8. The van der Waals surface area contributed by atoms with Crippen LogP contribution in [0.5, 0.6) is 5.75 Å². The summed E-state index contributed by atoms with van der Waals surface area (Å²) in [5.41, 5.74) is 5.82. The molecule has 0 saturated heterocycles. The topological polar surface area (TPSA) is 60.2 Å². The average molecular weight is 271 g/mol. The van der Waals surface area contributed by atoms with E-state index in [-0.39, 0.29) is 6.10 Å². The summed E-state index contributed by atoms with van der Waals surface area (Å²) in [6.07, 6.45) is 5.06. The van der Waals surface area contributed by atoms with Crippen LogP contribution in [0.25, 0.3) is 0 Å². The van der Waals surface area contributed by atoms with Gasteiger partial charge in [0.2, 0.25) is 0 Å². The Morgan fingerprint density at radius 2 is 2.06 bits per heavy atom. The van der Waals surface area contributed by atoms with E-state index in [2.05, 4.69) is 23.5 Å². The molecule has 0 bridgehead atoms. The second kappa shape index (κ2) is 7.46. The van der Waals surface area contributed by atoms with Gasteiger partial charge in [0, 0.05) is 6.04 Å². The number of nitrogens with zero attached hydrogens (tertiary/aromatic N) is 1. The quantitative estimate of drug-likeness (QED) is 0.704. The van der Waals surface area contributed by atoms with Crippen LogP contribution in [0, 0.1) is 0 Å². The van der Waals surface area contributed by atoms with Gasteiger partial charge in [0.1, 0.15) is 0 Å². The molecule has 0 fully saturated rings. The first-order chi connectivity index (χ1) is 8.54. The maximum atomic E-state index is 5.82. The zero-order valence-corrected chi connectivity index (χ0v) is 12.6. The molecule has 0 amide bonds. The van der Waals surface area contributed by atoms with Crippen LogP contribution < -0.4 is 15.8 Å². The van der Waals surface area contributed by atoms with Crippen LogP contribution in [-0.2, 0) is 0 Å². The third kappa shape index (κ3) is 4.72. The summed E-state index contributed by atoms with van der Waals surface area (Å²) in [5, 5.41) is 4.40. The Balaban J connectivity index is 2.55. The number of hydrogen-bond acceptors (Lipinski definition) is 5. The number of nitrogens with one attached hydrogen (secondary N) is 1. The molecule has 0 aromatic carbocycles. The Labute approximate surface area is 114 Å². The van der Waals surface area contributed by atoms with Crippen molar-refractivity contribution in [1.82, 2.24) is 4.37 Å². The van der Waals surface area contributed by atoms with Gasteiger partial charge in [0.25, 0.3) is 0 Å². The summed E-state index contributed by atoms with van der Waals surface area (Å²) < 4.78 is 9.85. The zero-order chi connectivity index (χ0) is 13.5. The number of hydrogen-bond donors (Lipinski definition) is 2. The molecule has 18 heavy (non-hydrogen) atoms. The van der Waals surface area contributed by atoms with Crippen molar-refractivity contribution in [2.45, 2.75) is 65.5 Å². The molecule has 1 aromatic heterocycles. The maximum absolute atomic E-state index is 5.82. The van der Waals surface area contributed by atoms with Crippen molar-refractivity contribution in [2.24, 2.45) is 0 Å². The average Bonchev–Trinajstić information content (AvgIpc) is 2.61. The summed E-state index contributed by atoms with van der Waals surface area (Å²) in [4.78, 5) is 0. The molecule has 1 aromatic rings. The van der Waals surface area contributed by atoms with Gasteiger partial charge in [-0.05, 0) is 38.7 Å². The van der Waals surface area contributed by atoms with E-state index in [0.717, 1.165) is 11.4 Å². The van der Waals surface area contributed by atoms with Gasteiger partial charge in [-0.2, -0.15) is 4.37 Å². The molecule has 1 atom stereocenters. The lowest BCUT2D eigenvalue weighted by atomic mass is 10.1. The molecule has 0 aliphatic rings. The van der Waals surface area contributed by atoms with Gasteiger partial charge in [-0.25, -0.2) is 0 Å². The summed E-state index contributed by atoms with van der Waals surface area (Å²) in [7, 11) is 0. The fraction of sp³-hybridized carbons (Fsp3) is 0.769. The summed E-state index contributed by atoms with van der Waals surface area (Å²) in [6.45, 7) is 8.39. The number of rotatable bonds is 8. The normalized spacial score (nSPS) is 12.7. The molecule has 3 N–H and O–H groups in total. The predicted octanol–water partition coefficient (Wildman–Crippen LogP) is 3.89. The molecule has 0 spiro atoms. The number of nitrogens with two attached hydrogens (primary N) is 1. The van der Waals surface area contributed by atoms with E-state index in [9.17, 15) is 0 Å². The second-order valence-corrected chi connectivity index (χ2v) is 5.71. The molecular weight excluding hydrogens is 246 g/mol. The van der Waals surface area contributed by atoms with Crippen LogP contribution >= 0.6 is 11.5 Å². The monoisotopic (exact) mass is 271 g/mol. The van der Waals surface area contributed by atoms with Crippen molar-refractivity contribution in [3.05, 3.63) is 0 Å². The van der Waals surface area contributed by atoms with Crippen molar-refractivity contribution in [2.75, 3.05) is 11.1 Å². The summed E-state index contributed by atoms with van der Waals surface area (Å²) >= 11 is 1.37. The highest BCUT2D eigenvalue weighted by atomic mass is 32.1. The van der Waals surface area contributed by atoms with Gasteiger partial charge in [-0.1, -0.05) is 26.2 Å². The third-order valence-electron chi connectivity index (χ3n) is 2.65. The first kappa shape index (κ1) is 15.1. The molecule has 0 radical (unpaired) electrons. The number of aromatic nitrogens is 1. The molecule has 1 heterocycles. The highest BCUT2D eigenvalue weighted by Crippen LogP contribution is 2.36. The van der Waals surface area contributed by atoms with Crippen LogP contribution in [0.15, 0.2) is 0 Å². The minimum atomic E-state index is 0.111. The number of unbranched alkanes of at least 4 members (excludes halogenated alkanes) is 2. The lowest BCUT2D eigenvalue weighted by Gasteiger charge is -2.16. The van der Waals surface area contributed by atoms with Gasteiger partial charge >= 0.3 is 0 Å². The van der Waals surface area contributed by atoms with Crippen molar-refractivity contribution >= 4 is 22.4 Å². The van der Waals surface area contributed by atoms with Crippen LogP contribution in [0.2, 0.25) is 0 Å². The second-order valence-electron chi connectivity index (χ2n) is 4.93. The van der Waals surface area contributed by atoms with Crippen molar-refractivity contribution in [3.8, 4) is 5.75 Å². The molecular formula is C13H25N3OS. The van der Waals surface area contributed by atoms with Crippen molar-refractivity contribution in [1.29, 1.82) is 0 Å². The molecule has 1 unspecified atom stereocenters. The van der Waals surface area contributed by atoms with E-state index in [4.69, 9.17) is 10.5 Å². The van der Waals surface area contributed by atoms with Gasteiger partial charge in [-0.15, -0.1) is 0 Å². The fourth-order valence-corrected chi connectivity index (χ4v) is 2.49. The van der Waals surface area contributed by atoms with E-state index in [0.29, 0.717) is 17.6 Å². The number of anilines is 2. The van der Waals surface area contributed by atoms with Crippen molar-refractivity contribution in [3.63, 3.8) is 0 Å². The highest BCUT2D eigenvalue weighted by Gasteiger charge is 2.16. The van der Waals surface area contributed by atoms with Gasteiger partial charge in [0.15, 0.2) is 16.6 Å².